The van der Waals surface area contributed by atoms with Gasteiger partial charge in [0, 0.05) is 6.61 Å². The molecule has 31 heavy (non-hydrogen) atoms. The average Bonchev–Trinajstić information content (AvgIpc) is 2.70. The van der Waals surface area contributed by atoms with Crippen LogP contribution in [0.5, 0.6) is 0 Å². The molecule has 0 unspecified atom stereocenters. The number of fused-ring (bicyclic) bond motifs is 6. The molecule has 3 fully saturated rings. The van der Waals surface area contributed by atoms with Crippen molar-refractivity contribution in [3.63, 3.8) is 0 Å². The lowest BCUT2D eigenvalue weighted by Crippen LogP contribution is -2.60. The van der Waals surface area contributed by atoms with Crippen LogP contribution in [0, 0.1) is 44.3 Å². The Morgan fingerprint density at radius 1 is 0.742 bits per heavy atom. The van der Waals surface area contributed by atoms with E-state index in [1.807, 2.05) is 11.1 Å². The Labute approximate surface area is 192 Å². The summed E-state index contributed by atoms with van der Waals surface area (Å²) >= 11 is 0. The largest absolute Gasteiger partial charge is 0.396 e. The van der Waals surface area contributed by atoms with E-state index < -0.39 is 0 Å². The summed E-state index contributed by atoms with van der Waals surface area (Å²) in [5, 5.41) is 10.3. The Morgan fingerprint density at radius 3 is 2.16 bits per heavy atom. The van der Waals surface area contributed by atoms with Gasteiger partial charge in [0.15, 0.2) is 0 Å². The molecule has 0 aromatic heterocycles. The van der Waals surface area contributed by atoms with Crippen molar-refractivity contribution in [1.82, 2.24) is 0 Å². The minimum Gasteiger partial charge on any atom is -0.396 e. The lowest BCUT2D eigenvalue weighted by molar-refractivity contribution is -0.158. The van der Waals surface area contributed by atoms with Crippen molar-refractivity contribution in [2.75, 3.05) is 6.61 Å². The maximum Gasteiger partial charge on any atom is 0.0484 e. The molecule has 0 aromatic carbocycles. The molecule has 0 saturated heterocycles. The standard InChI is InChI=1S/C30H50O/c1-25(2)12-8-13-28(5)21-11-14-30(7)24-19-26(3,20-31)15-16-27(24,4)17-18-29(30,6)22(21)9-10-23(25)28/h23-24,31H,8-20H2,1-7H3/t23-,24+,26+,27+,28+,29+,30-/m0/s1. The van der Waals surface area contributed by atoms with Crippen molar-refractivity contribution in [2.24, 2.45) is 44.3 Å². The van der Waals surface area contributed by atoms with E-state index in [-0.39, 0.29) is 5.41 Å². The van der Waals surface area contributed by atoms with Gasteiger partial charge in [0.1, 0.15) is 0 Å². The van der Waals surface area contributed by atoms with Gasteiger partial charge in [-0.25, -0.2) is 0 Å². The predicted molar refractivity (Wildman–Crippen MR) is 131 cm³/mol. The van der Waals surface area contributed by atoms with Crippen LogP contribution in [0.2, 0.25) is 0 Å². The highest BCUT2D eigenvalue weighted by atomic mass is 16.3. The molecular weight excluding hydrogens is 376 g/mol. The highest BCUT2D eigenvalue weighted by Gasteiger charge is 2.65. The van der Waals surface area contributed by atoms with E-state index >= 15 is 0 Å². The predicted octanol–water partition coefficient (Wildman–Crippen LogP) is 8.31. The van der Waals surface area contributed by atoms with Crippen LogP contribution in [-0.4, -0.2) is 11.7 Å². The Kier molecular flexibility index (Phi) is 4.82. The molecule has 7 atom stereocenters. The lowest BCUT2D eigenvalue weighted by Gasteiger charge is -2.69. The first-order chi connectivity index (χ1) is 14.3. The van der Waals surface area contributed by atoms with Crippen molar-refractivity contribution in [3.8, 4) is 0 Å². The normalized spacial score (nSPS) is 53.8. The molecule has 5 aliphatic carbocycles. The highest BCUT2D eigenvalue weighted by Crippen LogP contribution is 2.75. The van der Waals surface area contributed by atoms with Gasteiger partial charge in [-0.1, -0.05) is 66.0 Å². The van der Waals surface area contributed by atoms with Crippen LogP contribution >= 0.6 is 0 Å². The molecule has 1 nitrogen and oxygen atoms in total. The summed E-state index contributed by atoms with van der Waals surface area (Å²) in [5.41, 5.74) is 6.19. The molecule has 5 aliphatic rings. The van der Waals surface area contributed by atoms with Gasteiger partial charge in [0.25, 0.3) is 0 Å². The van der Waals surface area contributed by atoms with E-state index in [2.05, 4.69) is 48.5 Å². The van der Waals surface area contributed by atoms with Crippen LogP contribution in [0.15, 0.2) is 11.1 Å². The first-order valence-electron chi connectivity index (χ1n) is 13.7. The van der Waals surface area contributed by atoms with E-state index in [0.717, 1.165) is 11.8 Å². The van der Waals surface area contributed by atoms with Crippen LogP contribution in [0.1, 0.15) is 126 Å². The number of aliphatic hydroxyl groups excluding tert-OH is 1. The van der Waals surface area contributed by atoms with Crippen LogP contribution in [0.4, 0.5) is 0 Å². The third kappa shape index (κ3) is 2.83. The minimum atomic E-state index is 0.136. The fourth-order valence-electron chi connectivity index (χ4n) is 10.6. The third-order valence-electron chi connectivity index (χ3n) is 13.0. The lowest BCUT2D eigenvalue weighted by atomic mass is 9.35. The van der Waals surface area contributed by atoms with Gasteiger partial charge in [0.2, 0.25) is 0 Å². The third-order valence-corrected chi connectivity index (χ3v) is 13.0. The molecule has 5 rings (SSSR count). The average molecular weight is 427 g/mol. The summed E-state index contributed by atoms with van der Waals surface area (Å²) in [7, 11) is 0. The van der Waals surface area contributed by atoms with E-state index in [4.69, 9.17) is 0 Å². The van der Waals surface area contributed by atoms with E-state index in [1.165, 1.54) is 77.0 Å². The summed E-state index contributed by atoms with van der Waals surface area (Å²) in [6.07, 6.45) is 16.4. The van der Waals surface area contributed by atoms with Crippen molar-refractivity contribution >= 4 is 0 Å². The van der Waals surface area contributed by atoms with Gasteiger partial charge in [-0.2, -0.15) is 0 Å². The molecule has 3 saturated carbocycles. The second kappa shape index (κ2) is 6.64. The number of aliphatic hydroxyl groups is 1. The topological polar surface area (TPSA) is 20.2 Å². The van der Waals surface area contributed by atoms with E-state index in [1.54, 1.807) is 0 Å². The SMILES string of the molecule is CC1(C)CCC[C@]2(C)C3=C(CC[C@@H]12)[C@@]1(C)CC[C@@]2(C)CC[C@@](C)(CO)C[C@H]2[C@]1(C)CC3. The summed E-state index contributed by atoms with van der Waals surface area (Å²) in [4.78, 5) is 0. The zero-order valence-corrected chi connectivity index (χ0v) is 21.8. The Balaban J connectivity index is 1.59. The Morgan fingerprint density at radius 2 is 1.45 bits per heavy atom. The van der Waals surface area contributed by atoms with Gasteiger partial charge in [-0.15, -0.1) is 0 Å². The summed E-state index contributed by atoms with van der Waals surface area (Å²) in [5.74, 6) is 1.63. The Bertz CT molecular complexity index is 792. The minimum absolute atomic E-state index is 0.136. The van der Waals surface area contributed by atoms with Crippen LogP contribution < -0.4 is 0 Å². The molecule has 0 amide bonds. The van der Waals surface area contributed by atoms with Crippen LogP contribution in [0.3, 0.4) is 0 Å². The first kappa shape index (κ1) is 22.5. The van der Waals surface area contributed by atoms with Crippen molar-refractivity contribution in [2.45, 2.75) is 126 Å². The number of hydrogen-bond acceptors (Lipinski definition) is 1. The highest BCUT2D eigenvalue weighted by molar-refractivity contribution is 5.38. The first-order valence-corrected chi connectivity index (χ1v) is 13.7. The number of rotatable bonds is 1. The van der Waals surface area contributed by atoms with Gasteiger partial charge in [-0.3, -0.25) is 0 Å². The van der Waals surface area contributed by atoms with Gasteiger partial charge in [-0.05, 0) is 115 Å². The van der Waals surface area contributed by atoms with Crippen molar-refractivity contribution in [3.05, 3.63) is 11.1 Å². The van der Waals surface area contributed by atoms with Gasteiger partial charge in [0.05, 0.1) is 0 Å². The van der Waals surface area contributed by atoms with Crippen molar-refractivity contribution < 1.29 is 5.11 Å². The quantitative estimate of drug-likeness (QED) is 0.418. The summed E-state index contributed by atoms with van der Waals surface area (Å²) in [6, 6.07) is 0. The fourth-order valence-corrected chi connectivity index (χ4v) is 10.6. The second-order valence-corrected chi connectivity index (χ2v) is 14.9. The number of hydrogen-bond donors (Lipinski definition) is 1. The number of allylic oxidation sites excluding steroid dienone is 2. The summed E-state index contributed by atoms with van der Waals surface area (Å²) in [6.45, 7) is 18.6. The Hall–Kier alpha value is -0.300. The van der Waals surface area contributed by atoms with Crippen LogP contribution in [-0.2, 0) is 0 Å². The molecule has 1 N–H and O–H groups in total. The van der Waals surface area contributed by atoms with E-state index in [0.29, 0.717) is 33.7 Å². The fraction of sp³-hybridized carbons (Fsp3) is 0.933. The van der Waals surface area contributed by atoms with Gasteiger partial charge >= 0.3 is 0 Å². The summed E-state index contributed by atoms with van der Waals surface area (Å²) < 4.78 is 0. The maximum absolute atomic E-state index is 10.3. The molecule has 0 aliphatic heterocycles. The molecule has 0 spiro atoms. The van der Waals surface area contributed by atoms with Gasteiger partial charge < -0.3 is 5.11 Å². The van der Waals surface area contributed by atoms with E-state index in [9.17, 15) is 5.11 Å². The molecule has 0 radical (unpaired) electrons. The molecule has 0 heterocycles. The molecule has 1 heteroatoms. The zero-order chi connectivity index (χ0) is 22.5. The monoisotopic (exact) mass is 426 g/mol. The smallest absolute Gasteiger partial charge is 0.0484 e. The zero-order valence-electron chi connectivity index (χ0n) is 21.8. The molecule has 0 bridgehead atoms. The maximum atomic E-state index is 10.3. The molecule has 176 valence electrons. The molecular formula is C30H50O. The van der Waals surface area contributed by atoms with Crippen molar-refractivity contribution in [1.29, 1.82) is 0 Å². The molecule has 0 aromatic rings. The van der Waals surface area contributed by atoms with Crippen LogP contribution in [0.25, 0.3) is 0 Å². The second-order valence-electron chi connectivity index (χ2n) is 14.9.